The summed E-state index contributed by atoms with van der Waals surface area (Å²) in [5.74, 6) is 0. The maximum Gasteiger partial charge on any atom is -0.0263 e. The van der Waals surface area contributed by atoms with Crippen molar-refractivity contribution in [2.45, 2.75) is 19.8 Å². The van der Waals surface area contributed by atoms with Crippen molar-refractivity contribution in [1.82, 2.24) is 0 Å². The van der Waals surface area contributed by atoms with Gasteiger partial charge in [-0.05, 0) is 5.56 Å². The van der Waals surface area contributed by atoms with E-state index in [0.717, 1.165) is 6.42 Å². The first-order valence-corrected chi connectivity index (χ1v) is 4.31. The average molecular weight is 161 g/mol. The van der Waals surface area contributed by atoms with Crippen LogP contribution in [0.15, 0.2) is 36.9 Å². The minimum absolute atomic E-state index is 1.07. The fourth-order valence-corrected chi connectivity index (χ4v) is 0.589. The van der Waals surface area contributed by atoms with E-state index in [1.54, 1.807) is 0 Å². The number of hydrogen-bond donors (Lipinski definition) is 0. The van der Waals surface area contributed by atoms with Gasteiger partial charge in [-0.15, -0.1) is 0 Å². The Bertz CT molecular complexity index is 184. The van der Waals surface area contributed by atoms with Crippen molar-refractivity contribution in [2.75, 3.05) is 0 Å². The average Bonchev–Trinajstić information content (AvgIpc) is 2.19. The first-order valence-electron chi connectivity index (χ1n) is 4.31. The summed E-state index contributed by atoms with van der Waals surface area (Å²) >= 11 is 0. The van der Waals surface area contributed by atoms with Gasteiger partial charge in [0.15, 0.2) is 0 Å². The van der Waals surface area contributed by atoms with E-state index in [1.165, 1.54) is 12.0 Å². The van der Waals surface area contributed by atoms with Crippen molar-refractivity contribution in [2.24, 2.45) is 0 Å². The zero-order valence-electron chi connectivity index (χ0n) is 7.79. The molecule has 1 aromatic rings. The van der Waals surface area contributed by atoms with Gasteiger partial charge < -0.3 is 0 Å². The molecule has 0 atom stereocenters. The minimum atomic E-state index is 1.07. The van der Waals surface area contributed by atoms with E-state index in [9.17, 15) is 0 Å². The standard InChI is InChI=1S/C8H8.C4H9/c1-2-8-6-4-3-5-7-8;1-3-4-2/h2-7H,1H2;1,3-4H2,2H3. The molecule has 65 valence electrons. The number of unbranched alkanes of at least 4 members (excludes halogenated alkanes) is 1. The van der Waals surface area contributed by atoms with Gasteiger partial charge in [-0.1, -0.05) is 69.7 Å². The van der Waals surface area contributed by atoms with E-state index >= 15 is 0 Å². The Kier molecular flexibility index (Phi) is 7.36. The zero-order chi connectivity index (χ0) is 9.23. The van der Waals surface area contributed by atoms with Gasteiger partial charge in [0, 0.05) is 0 Å². The normalized spacial score (nSPS) is 8.17. The van der Waals surface area contributed by atoms with E-state index in [0.29, 0.717) is 0 Å². The molecule has 0 saturated heterocycles. The number of hydrogen-bond acceptors (Lipinski definition) is 0. The summed E-state index contributed by atoms with van der Waals surface area (Å²) in [5, 5.41) is 0. The van der Waals surface area contributed by atoms with Crippen LogP contribution in [0, 0.1) is 6.92 Å². The summed E-state index contributed by atoms with van der Waals surface area (Å²) in [6.45, 7) is 9.35. The van der Waals surface area contributed by atoms with Crippen LogP contribution in [0.2, 0.25) is 0 Å². The molecule has 0 unspecified atom stereocenters. The lowest BCUT2D eigenvalue weighted by Gasteiger charge is -1.85. The minimum Gasteiger partial charge on any atom is -0.0985 e. The third kappa shape index (κ3) is 5.72. The first kappa shape index (κ1) is 11.0. The first-order chi connectivity index (χ1) is 5.85. The molecular weight excluding hydrogens is 144 g/mol. The summed E-state index contributed by atoms with van der Waals surface area (Å²) in [6, 6.07) is 10.0. The second-order valence-corrected chi connectivity index (χ2v) is 2.47. The Morgan fingerprint density at radius 2 is 1.75 bits per heavy atom. The highest BCUT2D eigenvalue weighted by Gasteiger charge is 1.75. The Morgan fingerprint density at radius 3 is 2.00 bits per heavy atom. The van der Waals surface area contributed by atoms with E-state index in [1.807, 2.05) is 36.4 Å². The highest BCUT2D eigenvalue weighted by Crippen LogP contribution is 1.97. The maximum absolute atomic E-state index is 3.63. The Labute approximate surface area is 75.9 Å². The van der Waals surface area contributed by atoms with Crippen LogP contribution in [0.5, 0.6) is 0 Å². The van der Waals surface area contributed by atoms with Gasteiger partial charge in [0.1, 0.15) is 0 Å². The van der Waals surface area contributed by atoms with Crippen molar-refractivity contribution in [3.63, 3.8) is 0 Å². The second kappa shape index (κ2) is 8.06. The van der Waals surface area contributed by atoms with Crippen LogP contribution in [0.1, 0.15) is 25.3 Å². The van der Waals surface area contributed by atoms with Crippen LogP contribution in [0.25, 0.3) is 6.08 Å². The van der Waals surface area contributed by atoms with Gasteiger partial charge in [0.2, 0.25) is 0 Å². The lowest BCUT2D eigenvalue weighted by atomic mass is 10.2. The summed E-state index contributed by atoms with van der Waals surface area (Å²) in [5.41, 5.74) is 1.17. The van der Waals surface area contributed by atoms with Gasteiger partial charge in [0.25, 0.3) is 0 Å². The predicted molar refractivity (Wildman–Crippen MR) is 56.8 cm³/mol. The van der Waals surface area contributed by atoms with E-state index in [2.05, 4.69) is 20.4 Å². The van der Waals surface area contributed by atoms with Crippen LogP contribution >= 0.6 is 0 Å². The largest absolute Gasteiger partial charge is 0.0985 e. The van der Waals surface area contributed by atoms with Gasteiger partial charge >= 0.3 is 0 Å². The van der Waals surface area contributed by atoms with Crippen LogP contribution in [-0.2, 0) is 0 Å². The van der Waals surface area contributed by atoms with Crippen molar-refractivity contribution in [1.29, 1.82) is 0 Å². The topological polar surface area (TPSA) is 0 Å². The predicted octanol–water partition coefficient (Wildman–Crippen LogP) is 3.95. The molecule has 0 bridgehead atoms. The lowest BCUT2D eigenvalue weighted by molar-refractivity contribution is 0.956. The molecule has 0 spiro atoms. The van der Waals surface area contributed by atoms with Crippen molar-refractivity contribution in [3.05, 3.63) is 49.4 Å². The Balaban J connectivity index is 0.000000261. The summed E-state index contributed by atoms with van der Waals surface area (Å²) < 4.78 is 0. The van der Waals surface area contributed by atoms with Crippen LogP contribution in [0.3, 0.4) is 0 Å². The fourth-order valence-electron chi connectivity index (χ4n) is 0.589. The van der Waals surface area contributed by atoms with Gasteiger partial charge in [-0.3, -0.25) is 0 Å². The molecule has 0 heteroatoms. The SMILES string of the molecule is C=Cc1ccccc1.[CH2]CCC. The molecule has 0 saturated carbocycles. The highest BCUT2D eigenvalue weighted by molar-refractivity contribution is 5.45. The molecule has 0 N–H and O–H groups in total. The Morgan fingerprint density at radius 1 is 1.25 bits per heavy atom. The second-order valence-electron chi connectivity index (χ2n) is 2.47. The molecule has 0 amide bonds. The molecule has 0 aliphatic heterocycles. The molecule has 0 aliphatic carbocycles. The fraction of sp³-hybridized carbons (Fsp3) is 0.250. The van der Waals surface area contributed by atoms with Gasteiger partial charge in [-0.25, -0.2) is 0 Å². The van der Waals surface area contributed by atoms with Crippen LogP contribution in [0.4, 0.5) is 0 Å². The summed E-state index contributed by atoms with van der Waals surface area (Å²) in [4.78, 5) is 0. The van der Waals surface area contributed by atoms with E-state index in [-0.39, 0.29) is 0 Å². The third-order valence-corrected chi connectivity index (χ3v) is 1.39. The van der Waals surface area contributed by atoms with Crippen molar-refractivity contribution in [3.8, 4) is 0 Å². The molecule has 1 rings (SSSR count). The molecule has 0 fully saturated rings. The van der Waals surface area contributed by atoms with Crippen molar-refractivity contribution < 1.29 is 0 Å². The molecule has 0 aliphatic rings. The third-order valence-electron chi connectivity index (χ3n) is 1.39. The van der Waals surface area contributed by atoms with E-state index < -0.39 is 0 Å². The van der Waals surface area contributed by atoms with E-state index in [4.69, 9.17) is 0 Å². The summed E-state index contributed by atoms with van der Waals surface area (Å²) in [7, 11) is 0. The number of rotatable bonds is 2. The zero-order valence-corrected chi connectivity index (χ0v) is 7.79. The molecule has 1 aromatic carbocycles. The molecule has 12 heavy (non-hydrogen) atoms. The van der Waals surface area contributed by atoms with Crippen molar-refractivity contribution >= 4 is 6.08 Å². The molecule has 0 heterocycles. The van der Waals surface area contributed by atoms with Gasteiger partial charge in [0.05, 0.1) is 0 Å². The highest BCUT2D eigenvalue weighted by atomic mass is 13.8. The Hall–Kier alpha value is -1.04. The molecule has 1 radical (unpaired) electrons. The monoisotopic (exact) mass is 161 g/mol. The quantitative estimate of drug-likeness (QED) is 0.616. The van der Waals surface area contributed by atoms with Crippen LogP contribution in [-0.4, -0.2) is 0 Å². The maximum atomic E-state index is 3.63. The van der Waals surface area contributed by atoms with Crippen LogP contribution < -0.4 is 0 Å². The molecule has 0 nitrogen and oxygen atoms in total. The smallest absolute Gasteiger partial charge is 0.0263 e. The van der Waals surface area contributed by atoms with Gasteiger partial charge in [-0.2, -0.15) is 0 Å². The molecular formula is C12H17. The number of benzene rings is 1. The summed E-state index contributed by atoms with van der Waals surface area (Å²) in [6.07, 6.45) is 4.11. The lowest BCUT2D eigenvalue weighted by Crippen LogP contribution is -1.63. The molecule has 0 aromatic heterocycles.